The van der Waals surface area contributed by atoms with Crippen molar-refractivity contribution in [2.24, 2.45) is 0 Å². The van der Waals surface area contributed by atoms with Gasteiger partial charge in [0.15, 0.2) is 14.8 Å². The summed E-state index contributed by atoms with van der Waals surface area (Å²) in [7, 11) is 0. The van der Waals surface area contributed by atoms with E-state index in [4.69, 9.17) is 21.9 Å². The molecular weight excluding hydrogens is 519 g/mol. The lowest BCUT2D eigenvalue weighted by molar-refractivity contribution is -0.127. The summed E-state index contributed by atoms with van der Waals surface area (Å²) in [6.45, 7) is 3.97. The summed E-state index contributed by atoms with van der Waals surface area (Å²) in [6.07, 6.45) is 2.00. The smallest absolute Gasteiger partial charge is 0.278 e. The lowest BCUT2D eigenvalue weighted by Crippen LogP contribution is -2.29. The molecular formula is C25H23FN4O3S3. The van der Waals surface area contributed by atoms with Crippen LogP contribution in [0.25, 0.3) is 21.7 Å². The molecule has 1 aliphatic heterocycles. The zero-order chi connectivity index (χ0) is 25.2. The molecule has 4 aromatic rings. The van der Waals surface area contributed by atoms with E-state index in [0.717, 1.165) is 37.4 Å². The minimum atomic E-state index is -0.406. The van der Waals surface area contributed by atoms with Crippen molar-refractivity contribution in [2.45, 2.75) is 24.9 Å². The number of carbonyl (C=O) groups excluding carboxylic acids is 1. The SMILES string of the molecule is CCOc1ccc(-n2c(=S)sc3c(=O)n(-c4ccc(F)cc4)c(SCC(=O)N4CCCC4)nc32)cc1. The Morgan fingerprint density at radius 3 is 2.39 bits per heavy atom. The van der Waals surface area contributed by atoms with Crippen LogP contribution >= 0.6 is 35.3 Å². The standard InChI is InChI=1S/C25H23FN4O3S3/c1-2-33-19-11-9-17(10-12-19)29-22-21(36-25(29)34)23(32)30(18-7-5-16(26)6-8-18)24(27-22)35-15-20(31)28-13-3-4-14-28/h5-12H,2-4,13-15H2,1H3. The minimum Gasteiger partial charge on any atom is -0.494 e. The Balaban J connectivity index is 1.63. The van der Waals surface area contributed by atoms with Crippen molar-refractivity contribution < 1.29 is 13.9 Å². The molecule has 1 fully saturated rings. The number of hydrogen-bond acceptors (Lipinski definition) is 7. The lowest BCUT2D eigenvalue weighted by atomic mass is 10.3. The van der Waals surface area contributed by atoms with E-state index in [9.17, 15) is 14.0 Å². The summed E-state index contributed by atoms with van der Waals surface area (Å²) in [6, 6.07) is 13.1. The molecule has 1 aliphatic rings. The Labute approximate surface area is 220 Å². The van der Waals surface area contributed by atoms with Crippen LogP contribution in [0, 0.1) is 9.77 Å². The van der Waals surface area contributed by atoms with Crippen molar-refractivity contribution in [1.29, 1.82) is 0 Å². The number of ether oxygens (including phenoxy) is 1. The predicted molar refractivity (Wildman–Crippen MR) is 143 cm³/mol. The lowest BCUT2D eigenvalue weighted by Gasteiger charge is -2.16. The molecule has 186 valence electrons. The maximum Gasteiger partial charge on any atom is 0.278 e. The van der Waals surface area contributed by atoms with Crippen LogP contribution in [-0.4, -0.2) is 50.4 Å². The monoisotopic (exact) mass is 542 g/mol. The van der Waals surface area contributed by atoms with E-state index in [1.807, 2.05) is 36.1 Å². The van der Waals surface area contributed by atoms with Crippen LogP contribution in [0.15, 0.2) is 58.5 Å². The highest BCUT2D eigenvalue weighted by atomic mass is 32.2. The van der Waals surface area contributed by atoms with Gasteiger partial charge in [-0.05, 0) is 80.5 Å². The summed E-state index contributed by atoms with van der Waals surface area (Å²) >= 11 is 7.99. The molecule has 0 saturated carbocycles. The number of hydrogen-bond donors (Lipinski definition) is 0. The number of thioether (sulfide) groups is 1. The van der Waals surface area contributed by atoms with E-state index in [0.29, 0.717) is 31.8 Å². The third-order valence-corrected chi connectivity index (χ3v) is 8.13. The zero-order valence-corrected chi connectivity index (χ0v) is 21.9. The fourth-order valence-corrected chi connectivity index (χ4v) is 6.33. The number of likely N-dealkylation sites (tertiary alicyclic amines) is 1. The first-order chi connectivity index (χ1) is 17.5. The summed E-state index contributed by atoms with van der Waals surface area (Å²) in [5, 5.41) is 0.346. The van der Waals surface area contributed by atoms with Crippen molar-refractivity contribution in [3.63, 3.8) is 0 Å². The molecule has 0 radical (unpaired) electrons. The molecule has 0 spiro atoms. The second-order valence-electron chi connectivity index (χ2n) is 8.17. The van der Waals surface area contributed by atoms with Crippen LogP contribution in [0.4, 0.5) is 4.39 Å². The van der Waals surface area contributed by atoms with Crippen LogP contribution in [0.2, 0.25) is 0 Å². The molecule has 0 bridgehead atoms. The second-order valence-corrected chi connectivity index (χ2v) is 10.8. The average molecular weight is 543 g/mol. The van der Waals surface area contributed by atoms with E-state index < -0.39 is 5.82 Å². The zero-order valence-electron chi connectivity index (χ0n) is 19.5. The summed E-state index contributed by atoms with van der Waals surface area (Å²) in [4.78, 5) is 33.1. The second kappa shape index (κ2) is 10.5. The van der Waals surface area contributed by atoms with Gasteiger partial charge in [0.1, 0.15) is 16.3 Å². The van der Waals surface area contributed by atoms with Gasteiger partial charge in [0.25, 0.3) is 5.56 Å². The first-order valence-corrected chi connectivity index (χ1v) is 13.8. The van der Waals surface area contributed by atoms with Crippen molar-refractivity contribution in [2.75, 3.05) is 25.4 Å². The molecule has 3 heterocycles. The quantitative estimate of drug-likeness (QED) is 0.181. The number of rotatable bonds is 7. The molecule has 0 N–H and O–H groups in total. The topological polar surface area (TPSA) is 69.4 Å². The number of aromatic nitrogens is 3. The first kappa shape index (κ1) is 24.7. The Morgan fingerprint density at radius 1 is 1.08 bits per heavy atom. The van der Waals surface area contributed by atoms with Gasteiger partial charge in [-0.15, -0.1) is 0 Å². The summed E-state index contributed by atoms with van der Waals surface area (Å²) < 4.78 is 23.2. The van der Waals surface area contributed by atoms with Crippen LogP contribution in [0.3, 0.4) is 0 Å². The van der Waals surface area contributed by atoms with E-state index in [-0.39, 0.29) is 17.2 Å². The van der Waals surface area contributed by atoms with Gasteiger partial charge in [0.2, 0.25) is 5.91 Å². The molecule has 0 aliphatic carbocycles. The highest BCUT2D eigenvalue weighted by molar-refractivity contribution is 7.99. The molecule has 7 nitrogen and oxygen atoms in total. The van der Waals surface area contributed by atoms with Gasteiger partial charge in [-0.25, -0.2) is 9.37 Å². The Kier molecular flexibility index (Phi) is 7.22. The Morgan fingerprint density at radius 2 is 1.72 bits per heavy atom. The number of halogens is 1. The first-order valence-electron chi connectivity index (χ1n) is 11.5. The molecule has 0 unspecified atom stereocenters. The Hall–Kier alpha value is -3.02. The number of fused-ring (bicyclic) bond motifs is 1. The maximum absolute atomic E-state index is 13.7. The van der Waals surface area contributed by atoms with Crippen LogP contribution in [0.1, 0.15) is 19.8 Å². The molecule has 0 atom stereocenters. The van der Waals surface area contributed by atoms with Crippen molar-refractivity contribution in [3.05, 3.63) is 68.7 Å². The van der Waals surface area contributed by atoms with Gasteiger partial charge in [0, 0.05) is 18.8 Å². The molecule has 5 rings (SSSR count). The van der Waals surface area contributed by atoms with Crippen molar-refractivity contribution in [3.8, 4) is 17.1 Å². The van der Waals surface area contributed by atoms with E-state index >= 15 is 0 Å². The van der Waals surface area contributed by atoms with Gasteiger partial charge in [-0.3, -0.25) is 18.7 Å². The van der Waals surface area contributed by atoms with E-state index in [2.05, 4.69) is 0 Å². The minimum absolute atomic E-state index is 0.00571. The fourth-order valence-electron chi connectivity index (χ4n) is 4.12. The van der Waals surface area contributed by atoms with Crippen molar-refractivity contribution >= 4 is 51.6 Å². The molecule has 11 heteroatoms. The maximum atomic E-state index is 13.7. The highest BCUT2D eigenvalue weighted by Crippen LogP contribution is 2.28. The van der Waals surface area contributed by atoms with E-state index in [1.165, 1.54) is 51.9 Å². The van der Waals surface area contributed by atoms with Crippen LogP contribution in [0.5, 0.6) is 5.75 Å². The van der Waals surface area contributed by atoms with Gasteiger partial charge in [0.05, 0.1) is 18.0 Å². The number of amides is 1. The highest BCUT2D eigenvalue weighted by Gasteiger charge is 2.22. The molecule has 1 amide bonds. The van der Waals surface area contributed by atoms with Gasteiger partial charge < -0.3 is 9.64 Å². The number of carbonyl (C=O) groups is 1. The average Bonchev–Trinajstić information content (AvgIpc) is 3.53. The summed E-state index contributed by atoms with van der Waals surface area (Å²) in [5.41, 5.74) is 1.33. The summed E-state index contributed by atoms with van der Waals surface area (Å²) in [5.74, 6) is 0.478. The van der Waals surface area contributed by atoms with Gasteiger partial charge >= 0.3 is 0 Å². The van der Waals surface area contributed by atoms with Crippen LogP contribution < -0.4 is 10.3 Å². The van der Waals surface area contributed by atoms with Gasteiger partial charge in [-0.1, -0.05) is 23.1 Å². The fraction of sp³-hybridized carbons (Fsp3) is 0.280. The van der Waals surface area contributed by atoms with Gasteiger partial charge in [-0.2, -0.15) is 0 Å². The number of nitrogens with zero attached hydrogens (tertiary/aromatic N) is 4. The predicted octanol–water partition coefficient (Wildman–Crippen LogP) is 5.22. The number of benzene rings is 2. The number of thiazole rings is 1. The Bertz CT molecular complexity index is 1520. The molecule has 36 heavy (non-hydrogen) atoms. The van der Waals surface area contributed by atoms with Crippen LogP contribution in [-0.2, 0) is 4.79 Å². The third-order valence-electron chi connectivity index (χ3n) is 5.85. The molecule has 1 saturated heterocycles. The normalized spacial score (nSPS) is 13.4. The third kappa shape index (κ3) is 4.82. The molecule has 2 aromatic carbocycles. The largest absolute Gasteiger partial charge is 0.494 e. The van der Waals surface area contributed by atoms with E-state index in [1.54, 1.807) is 4.57 Å². The molecule has 2 aromatic heterocycles. The van der Waals surface area contributed by atoms with Crippen molar-refractivity contribution in [1.82, 2.24) is 19.0 Å².